The molecule has 0 aliphatic rings. The lowest BCUT2D eigenvalue weighted by Crippen LogP contribution is -2.35. The van der Waals surface area contributed by atoms with Crippen molar-refractivity contribution in [2.45, 2.75) is 18.4 Å². The molecule has 0 amide bonds. The largest absolute Gasteiger partial charge is 0.330 e. The van der Waals surface area contributed by atoms with E-state index in [0.717, 1.165) is 12.1 Å². The summed E-state index contributed by atoms with van der Waals surface area (Å²) in [4.78, 5) is 4.35. The van der Waals surface area contributed by atoms with Crippen LogP contribution in [0, 0.1) is 0 Å². The van der Waals surface area contributed by atoms with Crippen molar-refractivity contribution in [2.75, 3.05) is 6.54 Å². The quantitative estimate of drug-likeness (QED) is 0.837. The van der Waals surface area contributed by atoms with Gasteiger partial charge < -0.3 is 11.5 Å². The van der Waals surface area contributed by atoms with E-state index in [1.54, 1.807) is 6.20 Å². The SMILES string of the molecule is NCC(c1ccccn1)C(N)Cc1ccccc1. The Morgan fingerprint density at radius 3 is 2.33 bits per heavy atom. The van der Waals surface area contributed by atoms with Gasteiger partial charge in [0.15, 0.2) is 0 Å². The van der Waals surface area contributed by atoms with E-state index in [2.05, 4.69) is 17.1 Å². The first kappa shape index (κ1) is 12.7. The van der Waals surface area contributed by atoms with Crippen LogP contribution in [0.2, 0.25) is 0 Å². The molecule has 18 heavy (non-hydrogen) atoms. The molecule has 1 aromatic heterocycles. The lowest BCUT2D eigenvalue weighted by molar-refractivity contribution is 0.525. The van der Waals surface area contributed by atoms with Crippen LogP contribution >= 0.6 is 0 Å². The molecule has 2 aromatic rings. The van der Waals surface area contributed by atoms with Gasteiger partial charge in [-0.15, -0.1) is 0 Å². The van der Waals surface area contributed by atoms with Crippen LogP contribution in [0.3, 0.4) is 0 Å². The van der Waals surface area contributed by atoms with E-state index in [0.29, 0.717) is 6.54 Å². The fourth-order valence-corrected chi connectivity index (χ4v) is 2.14. The zero-order chi connectivity index (χ0) is 12.8. The predicted molar refractivity (Wildman–Crippen MR) is 74.2 cm³/mol. The molecule has 4 N–H and O–H groups in total. The summed E-state index contributed by atoms with van der Waals surface area (Å²) in [6, 6.07) is 16.1. The Kier molecular flexibility index (Phi) is 4.45. The van der Waals surface area contributed by atoms with Gasteiger partial charge in [-0.1, -0.05) is 36.4 Å². The summed E-state index contributed by atoms with van der Waals surface area (Å²) in [6.07, 6.45) is 2.60. The molecule has 0 aliphatic heterocycles. The summed E-state index contributed by atoms with van der Waals surface area (Å²) >= 11 is 0. The second kappa shape index (κ2) is 6.28. The predicted octanol–water partition coefficient (Wildman–Crippen LogP) is 1.69. The zero-order valence-electron chi connectivity index (χ0n) is 10.4. The van der Waals surface area contributed by atoms with E-state index >= 15 is 0 Å². The third kappa shape index (κ3) is 3.15. The van der Waals surface area contributed by atoms with Gasteiger partial charge in [0.25, 0.3) is 0 Å². The third-order valence-corrected chi connectivity index (χ3v) is 3.15. The van der Waals surface area contributed by atoms with Crippen molar-refractivity contribution >= 4 is 0 Å². The first-order chi connectivity index (χ1) is 8.81. The lowest BCUT2D eigenvalue weighted by Gasteiger charge is -2.22. The first-order valence-corrected chi connectivity index (χ1v) is 6.21. The molecule has 0 saturated heterocycles. The van der Waals surface area contributed by atoms with E-state index in [1.807, 2.05) is 36.4 Å². The number of nitrogens with two attached hydrogens (primary N) is 2. The van der Waals surface area contributed by atoms with Gasteiger partial charge in [0.05, 0.1) is 0 Å². The molecule has 2 unspecified atom stereocenters. The number of hydrogen-bond acceptors (Lipinski definition) is 3. The molecular formula is C15H19N3. The lowest BCUT2D eigenvalue weighted by atomic mass is 9.91. The summed E-state index contributed by atoms with van der Waals surface area (Å²) in [5.74, 6) is 0.103. The topological polar surface area (TPSA) is 64.9 Å². The number of rotatable bonds is 5. The maximum Gasteiger partial charge on any atom is 0.0462 e. The molecule has 0 fully saturated rings. The van der Waals surface area contributed by atoms with Crippen molar-refractivity contribution in [2.24, 2.45) is 11.5 Å². The minimum atomic E-state index is -0.00713. The number of benzene rings is 1. The second-order valence-corrected chi connectivity index (χ2v) is 4.45. The van der Waals surface area contributed by atoms with Crippen LogP contribution in [0.1, 0.15) is 17.2 Å². The number of hydrogen-bond donors (Lipinski definition) is 2. The van der Waals surface area contributed by atoms with Crippen molar-refractivity contribution in [1.82, 2.24) is 4.98 Å². The molecular weight excluding hydrogens is 222 g/mol. The third-order valence-electron chi connectivity index (χ3n) is 3.15. The molecule has 3 heteroatoms. The number of aromatic nitrogens is 1. The molecule has 3 nitrogen and oxygen atoms in total. The highest BCUT2D eigenvalue weighted by molar-refractivity contribution is 5.19. The molecule has 2 atom stereocenters. The minimum absolute atomic E-state index is 0.00713. The van der Waals surface area contributed by atoms with Gasteiger partial charge in [0.2, 0.25) is 0 Å². The average molecular weight is 241 g/mol. The molecule has 2 rings (SSSR count). The fraction of sp³-hybridized carbons (Fsp3) is 0.267. The average Bonchev–Trinajstić information content (AvgIpc) is 2.42. The monoisotopic (exact) mass is 241 g/mol. The maximum absolute atomic E-state index is 6.27. The first-order valence-electron chi connectivity index (χ1n) is 6.21. The summed E-state index contributed by atoms with van der Waals surface area (Å²) in [5.41, 5.74) is 14.3. The summed E-state index contributed by atoms with van der Waals surface area (Å²) in [6.45, 7) is 0.519. The Labute approximate surface area is 108 Å². The van der Waals surface area contributed by atoms with Crippen LogP contribution in [-0.4, -0.2) is 17.6 Å². The summed E-state index contributed by atoms with van der Waals surface area (Å²) in [7, 11) is 0. The standard InChI is InChI=1S/C15H19N3/c16-11-13(15-8-4-5-9-18-15)14(17)10-12-6-2-1-3-7-12/h1-9,13-14H,10-11,16-17H2. The second-order valence-electron chi connectivity index (χ2n) is 4.45. The number of nitrogens with zero attached hydrogens (tertiary/aromatic N) is 1. The Bertz CT molecular complexity index is 456. The molecule has 0 spiro atoms. The van der Waals surface area contributed by atoms with Crippen LogP contribution in [0.5, 0.6) is 0 Å². The zero-order valence-corrected chi connectivity index (χ0v) is 10.4. The molecule has 0 radical (unpaired) electrons. The van der Waals surface area contributed by atoms with Crippen molar-refractivity contribution in [1.29, 1.82) is 0 Å². The van der Waals surface area contributed by atoms with Gasteiger partial charge in [-0.05, 0) is 24.1 Å². The van der Waals surface area contributed by atoms with Gasteiger partial charge in [-0.2, -0.15) is 0 Å². The van der Waals surface area contributed by atoms with Crippen molar-refractivity contribution < 1.29 is 0 Å². The molecule has 94 valence electrons. The number of pyridine rings is 1. The molecule has 1 aromatic carbocycles. The Balaban J connectivity index is 2.09. The van der Waals surface area contributed by atoms with Gasteiger partial charge >= 0.3 is 0 Å². The van der Waals surface area contributed by atoms with Gasteiger partial charge in [-0.25, -0.2) is 0 Å². The molecule has 0 saturated carbocycles. The van der Waals surface area contributed by atoms with E-state index in [4.69, 9.17) is 11.5 Å². The normalized spacial score (nSPS) is 14.1. The van der Waals surface area contributed by atoms with Crippen LogP contribution in [0.25, 0.3) is 0 Å². The molecule has 0 bridgehead atoms. The fourth-order valence-electron chi connectivity index (χ4n) is 2.14. The molecule has 0 aliphatic carbocycles. The van der Waals surface area contributed by atoms with Crippen molar-refractivity contribution in [3.05, 3.63) is 66.0 Å². The highest BCUT2D eigenvalue weighted by atomic mass is 14.8. The van der Waals surface area contributed by atoms with Crippen molar-refractivity contribution in [3.8, 4) is 0 Å². The highest BCUT2D eigenvalue weighted by Gasteiger charge is 2.19. The van der Waals surface area contributed by atoms with Crippen molar-refractivity contribution in [3.63, 3.8) is 0 Å². The van der Waals surface area contributed by atoms with Gasteiger partial charge in [0.1, 0.15) is 0 Å². The smallest absolute Gasteiger partial charge is 0.0462 e. The van der Waals surface area contributed by atoms with E-state index in [-0.39, 0.29) is 12.0 Å². The van der Waals surface area contributed by atoms with Crippen LogP contribution in [0.4, 0.5) is 0 Å². The van der Waals surface area contributed by atoms with Gasteiger partial charge in [-0.3, -0.25) is 4.98 Å². The van der Waals surface area contributed by atoms with Crippen LogP contribution in [-0.2, 0) is 6.42 Å². The van der Waals surface area contributed by atoms with Crippen LogP contribution in [0.15, 0.2) is 54.7 Å². The Morgan fingerprint density at radius 1 is 1.00 bits per heavy atom. The highest BCUT2D eigenvalue weighted by Crippen LogP contribution is 2.17. The Hall–Kier alpha value is -1.71. The Morgan fingerprint density at radius 2 is 1.72 bits per heavy atom. The summed E-state index contributed by atoms with van der Waals surface area (Å²) < 4.78 is 0. The molecule has 1 heterocycles. The van der Waals surface area contributed by atoms with E-state index in [1.165, 1.54) is 5.56 Å². The van der Waals surface area contributed by atoms with Crippen LogP contribution < -0.4 is 11.5 Å². The van der Waals surface area contributed by atoms with E-state index < -0.39 is 0 Å². The van der Waals surface area contributed by atoms with E-state index in [9.17, 15) is 0 Å². The minimum Gasteiger partial charge on any atom is -0.330 e. The van der Waals surface area contributed by atoms with Gasteiger partial charge in [0, 0.05) is 30.4 Å². The summed E-state index contributed by atoms with van der Waals surface area (Å²) in [5, 5.41) is 0. The maximum atomic E-state index is 6.27.